The monoisotopic (exact) mass is 315 g/mol. The Hall–Kier alpha value is -0.610. The van der Waals surface area contributed by atoms with Crippen LogP contribution in [0.25, 0.3) is 10.9 Å². The van der Waals surface area contributed by atoms with Gasteiger partial charge in [0.1, 0.15) is 0 Å². The Morgan fingerprint density at radius 2 is 1.93 bits per heavy atom. The molecule has 1 aromatic heterocycles. The summed E-state index contributed by atoms with van der Waals surface area (Å²) in [7, 11) is 1.77. The number of hydrogen-bond acceptors (Lipinski definition) is 1. The molecule has 2 aromatic rings. The summed E-state index contributed by atoms with van der Waals surface area (Å²) in [6, 6.07) is 7.67. The number of rotatable bonds is 0. The molecule has 0 amide bonds. The first kappa shape index (κ1) is 9.93. The molecule has 0 spiro atoms. The fraction of sp³-hybridized carbons (Fsp3) is 0.100. The van der Waals surface area contributed by atoms with E-state index in [0.29, 0.717) is 4.47 Å². The minimum absolute atomic E-state index is 0.0141. The predicted octanol–water partition coefficient (Wildman–Crippen LogP) is 3.06. The molecule has 0 aliphatic rings. The Balaban J connectivity index is 2.98. The number of hydrogen-bond donors (Lipinski definition) is 0. The second-order valence-electron chi connectivity index (χ2n) is 3.06. The topological polar surface area (TPSA) is 22.0 Å². The highest BCUT2D eigenvalue weighted by atomic mass is 79.9. The number of fused-ring (bicyclic) bond motifs is 1. The summed E-state index contributed by atoms with van der Waals surface area (Å²) < 4.78 is 3.23. The highest BCUT2D eigenvalue weighted by Crippen LogP contribution is 2.20. The van der Waals surface area contributed by atoms with Crippen LogP contribution in [-0.2, 0) is 7.05 Å². The molecular formula is C10H7Br2NO. The Bertz CT molecular complexity index is 560. The van der Waals surface area contributed by atoms with Gasteiger partial charge < -0.3 is 4.57 Å². The maximum absolute atomic E-state index is 11.6. The number of benzene rings is 1. The standard InChI is InChI=1S/C10H7Br2NO/c1-13-9-3-2-7(11)4-6(9)5-8(12)10(13)14/h2-5H,1H3. The number of nitrogens with zero attached hydrogens (tertiary/aromatic N) is 1. The van der Waals surface area contributed by atoms with E-state index in [1.807, 2.05) is 24.3 Å². The highest BCUT2D eigenvalue weighted by molar-refractivity contribution is 9.10. The lowest BCUT2D eigenvalue weighted by Crippen LogP contribution is -2.17. The Morgan fingerprint density at radius 3 is 2.64 bits per heavy atom. The van der Waals surface area contributed by atoms with Crippen LogP contribution in [0.4, 0.5) is 0 Å². The van der Waals surface area contributed by atoms with Crippen molar-refractivity contribution in [1.29, 1.82) is 0 Å². The van der Waals surface area contributed by atoms with Gasteiger partial charge in [-0.25, -0.2) is 0 Å². The van der Waals surface area contributed by atoms with Gasteiger partial charge in [0.05, 0.1) is 9.99 Å². The van der Waals surface area contributed by atoms with Crippen LogP contribution in [0.1, 0.15) is 0 Å². The van der Waals surface area contributed by atoms with E-state index in [2.05, 4.69) is 31.9 Å². The lowest BCUT2D eigenvalue weighted by molar-refractivity contribution is 0.899. The quantitative estimate of drug-likeness (QED) is 0.732. The first-order chi connectivity index (χ1) is 6.59. The van der Waals surface area contributed by atoms with Gasteiger partial charge in [-0.2, -0.15) is 0 Å². The van der Waals surface area contributed by atoms with Gasteiger partial charge in [0.15, 0.2) is 0 Å². The maximum Gasteiger partial charge on any atom is 0.265 e. The van der Waals surface area contributed by atoms with Gasteiger partial charge in [-0.05, 0) is 40.2 Å². The fourth-order valence-electron chi connectivity index (χ4n) is 1.41. The molecule has 0 saturated carbocycles. The van der Waals surface area contributed by atoms with E-state index in [1.165, 1.54) is 0 Å². The maximum atomic E-state index is 11.6. The molecule has 0 bridgehead atoms. The Labute approximate surface area is 97.8 Å². The zero-order valence-corrected chi connectivity index (χ0v) is 10.6. The van der Waals surface area contributed by atoms with Crippen molar-refractivity contribution in [2.75, 3.05) is 0 Å². The molecule has 0 unspecified atom stereocenters. The molecule has 14 heavy (non-hydrogen) atoms. The molecule has 0 N–H and O–H groups in total. The minimum atomic E-state index is -0.0141. The largest absolute Gasteiger partial charge is 0.310 e. The van der Waals surface area contributed by atoms with Crippen LogP contribution in [0.5, 0.6) is 0 Å². The van der Waals surface area contributed by atoms with Crippen molar-refractivity contribution in [3.05, 3.63) is 43.6 Å². The average Bonchev–Trinajstić information content (AvgIpc) is 2.14. The first-order valence-corrected chi connectivity index (χ1v) is 5.63. The van der Waals surface area contributed by atoms with Crippen LogP contribution in [-0.4, -0.2) is 4.57 Å². The van der Waals surface area contributed by atoms with Crippen molar-refractivity contribution >= 4 is 42.8 Å². The molecule has 0 radical (unpaired) electrons. The predicted molar refractivity (Wildman–Crippen MR) is 64.6 cm³/mol. The number of aryl methyl sites for hydroxylation is 1. The number of halogens is 2. The van der Waals surface area contributed by atoms with Gasteiger partial charge in [-0.3, -0.25) is 4.79 Å². The van der Waals surface area contributed by atoms with Crippen LogP contribution in [0.15, 0.2) is 38.0 Å². The van der Waals surface area contributed by atoms with Gasteiger partial charge in [0, 0.05) is 16.9 Å². The lowest BCUT2D eigenvalue weighted by Gasteiger charge is -2.05. The van der Waals surface area contributed by atoms with Crippen LogP contribution in [0.3, 0.4) is 0 Å². The van der Waals surface area contributed by atoms with E-state index in [0.717, 1.165) is 15.4 Å². The third-order valence-corrected chi connectivity index (χ3v) is 3.20. The number of pyridine rings is 1. The zero-order valence-electron chi connectivity index (χ0n) is 7.42. The second-order valence-corrected chi connectivity index (χ2v) is 4.83. The molecular weight excluding hydrogens is 310 g/mol. The van der Waals surface area contributed by atoms with Crippen LogP contribution >= 0.6 is 31.9 Å². The molecule has 72 valence electrons. The van der Waals surface area contributed by atoms with Crippen molar-refractivity contribution in [2.45, 2.75) is 0 Å². The van der Waals surface area contributed by atoms with Crippen molar-refractivity contribution in [2.24, 2.45) is 7.05 Å². The van der Waals surface area contributed by atoms with E-state index in [9.17, 15) is 4.79 Å². The summed E-state index contributed by atoms with van der Waals surface area (Å²) in [4.78, 5) is 11.6. The van der Waals surface area contributed by atoms with E-state index in [4.69, 9.17) is 0 Å². The zero-order chi connectivity index (χ0) is 10.3. The van der Waals surface area contributed by atoms with Crippen molar-refractivity contribution in [3.8, 4) is 0 Å². The van der Waals surface area contributed by atoms with Crippen molar-refractivity contribution < 1.29 is 0 Å². The molecule has 1 aromatic carbocycles. The van der Waals surface area contributed by atoms with Crippen molar-refractivity contribution in [3.63, 3.8) is 0 Å². The van der Waals surface area contributed by atoms with Crippen LogP contribution in [0, 0.1) is 0 Å². The minimum Gasteiger partial charge on any atom is -0.310 e. The normalized spacial score (nSPS) is 10.8. The van der Waals surface area contributed by atoms with E-state index in [-0.39, 0.29) is 5.56 Å². The third kappa shape index (κ3) is 1.53. The van der Waals surface area contributed by atoms with Gasteiger partial charge in [-0.1, -0.05) is 15.9 Å². The van der Waals surface area contributed by atoms with E-state index < -0.39 is 0 Å². The molecule has 0 aliphatic heterocycles. The molecule has 1 heterocycles. The van der Waals surface area contributed by atoms with Gasteiger partial charge in [-0.15, -0.1) is 0 Å². The van der Waals surface area contributed by atoms with Gasteiger partial charge >= 0.3 is 0 Å². The SMILES string of the molecule is Cn1c(=O)c(Br)cc2cc(Br)ccc21. The Morgan fingerprint density at radius 1 is 1.21 bits per heavy atom. The number of aromatic nitrogens is 1. The average molecular weight is 317 g/mol. The molecule has 0 fully saturated rings. The first-order valence-electron chi connectivity index (χ1n) is 4.04. The molecule has 2 nitrogen and oxygen atoms in total. The highest BCUT2D eigenvalue weighted by Gasteiger charge is 2.03. The van der Waals surface area contributed by atoms with Crippen LogP contribution in [0.2, 0.25) is 0 Å². The summed E-state index contributed by atoms with van der Waals surface area (Å²) in [6.45, 7) is 0. The smallest absolute Gasteiger partial charge is 0.265 e. The summed E-state index contributed by atoms with van der Waals surface area (Å²) >= 11 is 6.64. The second kappa shape index (κ2) is 3.51. The van der Waals surface area contributed by atoms with E-state index in [1.54, 1.807) is 11.6 Å². The van der Waals surface area contributed by atoms with E-state index >= 15 is 0 Å². The Kier molecular flexibility index (Phi) is 2.49. The summed E-state index contributed by atoms with van der Waals surface area (Å²) in [5.41, 5.74) is 0.918. The molecule has 2 rings (SSSR count). The summed E-state index contributed by atoms with van der Waals surface area (Å²) in [6.07, 6.45) is 0. The third-order valence-electron chi connectivity index (χ3n) is 2.14. The van der Waals surface area contributed by atoms with Gasteiger partial charge in [0.2, 0.25) is 0 Å². The lowest BCUT2D eigenvalue weighted by atomic mass is 10.2. The van der Waals surface area contributed by atoms with Crippen LogP contribution < -0.4 is 5.56 Å². The summed E-state index contributed by atoms with van der Waals surface area (Å²) in [5, 5.41) is 1.04. The molecule has 0 saturated heterocycles. The molecule has 0 aliphatic carbocycles. The molecule has 4 heteroatoms. The fourth-order valence-corrected chi connectivity index (χ4v) is 2.31. The summed E-state index contributed by atoms with van der Waals surface area (Å²) in [5.74, 6) is 0. The van der Waals surface area contributed by atoms with Crippen molar-refractivity contribution in [1.82, 2.24) is 4.57 Å². The molecule has 0 atom stereocenters. The van der Waals surface area contributed by atoms with Gasteiger partial charge in [0.25, 0.3) is 5.56 Å².